The van der Waals surface area contributed by atoms with Crippen molar-refractivity contribution in [3.8, 4) is 0 Å². The SMILES string of the molecule is COCCCC(N)C(=O)Nc1cc(C(C)C)[nH]n1. The first kappa shape index (κ1) is 14.7. The Morgan fingerprint density at radius 3 is 2.89 bits per heavy atom. The maximum Gasteiger partial charge on any atom is 0.242 e. The van der Waals surface area contributed by atoms with Gasteiger partial charge in [0.2, 0.25) is 5.91 Å². The Balaban J connectivity index is 2.42. The number of rotatable bonds is 7. The van der Waals surface area contributed by atoms with E-state index in [2.05, 4.69) is 29.4 Å². The summed E-state index contributed by atoms with van der Waals surface area (Å²) in [6, 6.07) is 1.30. The van der Waals surface area contributed by atoms with Gasteiger partial charge >= 0.3 is 0 Å². The number of anilines is 1. The Labute approximate surface area is 107 Å². The minimum Gasteiger partial charge on any atom is -0.385 e. The summed E-state index contributed by atoms with van der Waals surface area (Å²) in [5, 5.41) is 9.59. The molecule has 1 aromatic heterocycles. The summed E-state index contributed by atoms with van der Waals surface area (Å²) in [5.41, 5.74) is 6.75. The molecule has 6 heteroatoms. The lowest BCUT2D eigenvalue weighted by Gasteiger charge is -2.10. The highest BCUT2D eigenvalue weighted by Gasteiger charge is 2.14. The molecule has 1 rings (SSSR count). The molecule has 6 nitrogen and oxygen atoms in total. The van der Waals surface area contributed by atoms with Crippen LogP contribution in [0.5, 0.6) is 0 Å². The molecule has 0 aliphatic heterocycles. The van der Waals surface area contributed by atoms with Crippen LogP contribution < -0.4 is 11.1 Å². The first-order valence-electron chi connectivity index (χ1n) is 6.15. The number of aromatic amines is 1. The highest BCUT2D eigenvalue weighted by molar-refractivity contribution is 5.93. The van der Waals surface area contributed by atoms with Gasteiger partial charge in [-0.25, -0.2) is 0 Å². The van der Waals surface area contributed by atoms with Crippen LogP contribution in [-0.2, 0) is 9.53 Å². The number of ether oxygens (including phenoxy) is 1. The lowest BCUT2D eigenvalue weighted by molar-refractivity contribution is -0.117. The smallest absolute Gasteiger partial charge is 0.242 e. The molecular formula is C12H22N4O2. The highest BCUT2D eigenvalue weighted by atomic mass is 16.5. The van der Waals surface area contributed by atoms with Gasteiger partial charge in [0.15, 0.2) is 5.82 Å². The van der Waals surface area contributed by atoms with Gasteiger partial charge in [0.05, 0.1) is 6.04 Å². The van der Waals surface area contributed by atoms with Crippen LogP contribution in [0.25, 0.3) is 0 Å². The van der Waals surface area contributed by atoms with Crippen molar-refractivity contribution in [1.82, 2.24) is 10.2 Å². The van der Waals surface area contributed by atoms with Gasteiger partial charge in [0.1, 0.15) is 0 Å². The molecule has 1 atom stereocenters. The second-order valence-corrected chi connectivity index (χ2v) is 4.59. The Kier molecular flexibility index (Phi) is 5.80. The van der Waals surface area contributed by atoms with Gasteiger partial charge in [-0.15, -0.1) is 0 Å². The van der Waals surface area contributed by atoms with Crippen LogP contribution in [0.2, 0.25) is 0 Å². The molecule has 0 bridgehead atoms. The normalized spacial score (nSPS) is 12.7. The van der Waals surface area contributed by atoms with E-state index < -0.39 is 6.04 Å². The molecule has 1 amide bonds. The summed E-state index contributed by atoms with van der Waals surface area (Å²) in [6.07, 6.45) is 1.37. The number of amides is 1. The van der Waals surface area contributed by atoms with Crippen LogP contribution in [0.15, 0.2) is 6.07 Å². The van der Waals surface area contributed by atoms with Crippen LogP contribution in [-0.4, -0.2) is 35.9 Å². The highest BCUT2D eigenvalue weighted by Crippen LogP contribution is 2.14. The van der Waals surface area contributed by atoms with E-state index >= 15 is 0 Å². The molecule has 0 fully saturated rings. The topological polar surface area (TPSA) is 93.0 Å². The lowest BCUT2D eigenvalue weighted by atomic mass is 10.1. The van der Waals surface area contributed by atoms with Crippen LogP contribution in [0.1, 0.15) is 38.3 Å². The molecule has 4 N–H and O–H groups in total. The van der Waals surface area contributed by atoms with Crippen molar-refractivity contribution in [2.24, 2.45) is 5.73 Å². The standard InChI is InChI=1S/C12H22N4O2/c1-8(2)10-7-11(16-15-10)14-12(17)9(13)5-4-6-18-3/h7-9H,4-6,13H2,1-3H3,(H2,14,15,16,17). The number of nitrogens with zero attached hydrogens (tertiary/aromatic N) is 1. The van der Waals surface area contributed by atoms with Crippen LogP contribution in [0.3, 0.4) is 0 Å². The molecule has 0 saturated heterocycles. The minimum atomic E-state index is -0.528. The summed E-state index contributed by atoms with van der Waals surface area (Å²) in [6.45, 7) is 4.71. The van der Waals surface area contributed by atoms with E-state index in [1.807, 2.05) is 6.07 Å². The molecule has 0 aliphatic carbocycles. The third-order valence-corrected chi connectivity index (χ3v) is 2.67. The third-order valence-electron chi connectivity index (χ3n) is 2.67. The fourth-order valence-corrected chi connectivity index (χ4v) is 1.49. The van der Waals surface area contributed by atoms with E-state index in [0.717, 1.165) is 12.1 Å². The molecule has 18 heavy (non-hydrogen) atoms. The number of H-pyrrole nitrogens is 1. The van der Waals surface area contributed by atoms with Crippen molar-refractivity contribution < 1.29 is 9.53 Å². The molecule has 0 aliphatic rings. The predicted molar refractivity (Wildman–Crippen MR) is 70.4 cm³/mol. The fourth-order valence-electron chi connectivity index (χ4n) is 1.49. The Morgan fingerprint density at radius 2 is 2.33 bits per heavy atom. The molecule has 102 valence electrons. The molecule has 0 saturated carbocycles. The number of nitrogens with two attached hydrogens (primary N) is 1. The number of nitrogens with one attached hydrogen (secondary N) is 2. The zero-order valence-corrected chi connectivity index (χ0v) is 11.2. The number of methoxy groups -OCH3 is 1. The molecule has 0 spiro atoms. The number of carbonyl (C=O) groups is 1. The summed E-state index contributed by atoms with van der Waals surface area (Å²) in [4.78, 5) is 11.8. The summed E-state index contributed by atoms with van der Waals surface area (Å²) in [5.74, 6) is 0.650. The predicted octanol–water partition coefficient (Wildman–Crippen LogP) is 1.23. The van der Waals surface area contributed by atoms with Gasteiger partial charge in [0, 0.05) is 25.5 Å². The van der Waals surface area contributed by atoms with Crippen molar-refractivity contribution in [3.63, 3.8) is 0 Å². The largest absolute Gasteiger partial charge is 0.385 e. The lowest BCUT2D eigenvalue weighted by Crippen LogP contribution is -2.35. The van der Waals surface area contributed by atoms with Crippen LogP contribution in [0.4, 0.5) is 5.82 Å². The van der Waals surface area contributed by atoms with Gasteiger partial charge in [-0.05, 0) is 18.8 Å². The maximum atomic E-state index is 11.8. The minimum absolute atomic E-state index is 0.215. The van der Waals surface area contributed by atoms with Gasteiger partial charge in [-0.1, -0.05) is 13.8 Å². The third kappa shape index (κ3) is 4.46. The van der Waals surface area contributed by atoms with E-state index in [9.17, 15) is 4.79 Å². The monoisotopic (exact) mass is 254 g/mol. The zero-order valence-electron chi connectivity index (χ0n) is 11.2. The second-order valence-electron chi connectivity index (χ2n) is 4.59. The molecule has 1 aromatic rings. The summed E-state index contributed by atoms with van der Waals surface area (Å²) < 4.78 is 4.92. The quantitative estimate of drug-likeness (QED) is 0.638. The number of hydrogen-bond acceptors (Lipinski definition) is 4. The Bertz CT molecular complexity index is 376. The van der Waals surface area contributed by atoms with Crippen LogP contribution >= 0.6 is 0 Å². The van der Waals surface area contributed by atoms with Crippen LogP contribution in [0, 0.1) is 0 Å². The van der Waals surface area contributed by atoms with Gasteiger partial charge in [0.25, 0.3) is 0 Å². The summed E-state index contributed by atoms with van der Waals surface area (Å²) >= 11 is 0. The first-order chi connectivity index (χ1) is 8.54. The summed E-state index contributed by atoms with van der Waals surface area (Å²) in [7, 11) is 1.63. The second kappa shape index (κ2) is 7.13. The van der Waals surface area contributed by atoms with E-state index in [1.165, 1.54) is 0 Å². The molecular weight excluding hydrogens is 232 g/mol. The molecule has 1 unspecified atom stereocenters. The van der Waals surface area contributed by atoms with Gasteiger partial charge in [-0.2, -0.15) is 5.10 Å². The number of hydrogen-bond donors (Lipinski definition) is 3. The van der Waals surface area contributed by atoms with Crippen molar-refractivity contribution in [2.45, 2.75) is 38.6 Å². The Hall–Kier alpha value is -1.40. The van der Waals surface area contributed by atoms with E-state index in [1.54, 1.807) is 7.11 Å². The van der Waals surface area contributed by atoms with Crippen molar-refractivity contribution in [3.05, 3.63) is 11.8 Å². The number of carbonyl (C=O) groups excluding carboxylic acids is 1. The molecule has 0 aromatic carbocycles. The average Bonchev–Trinajstić information content (AvgIpc) is 2.77. The maximum absolute atomic E-state index is 11.8. The molecule has 1 heterocycles. The zero-order chi connectivity index (χ0) is 13.5. The average molecular weight is 254 g/mol. The van der Waals surface area contributed by atoms with E-state index in [4.69, 9.17) is 10.5 Å². The molecule has 0 radical (unpaired) electrons. The van der Waals surface area contributed by atoms with E-state index in [-0.39, 0.29) is 5.91 Å². The van der Waals surface area contributed by atoms with Crippen molar-refractivity contribution >= 4 is 11.7 Å². The van der Waals surface area contributed by atoms with Gasteiger partial charge in [-0.3, -0.25) is 9.89 Å². The first-order valence-corrected chi connectivity index (χ1v) is 6.15. The van der Waals surface area contributed by atoms with Gasteiger partial charge < -0.3 is 15.8 Å². The Morgan fingerprint density at radius 1 is 1.61 bits per heavy atom. The van der Waals surface area contributed by atoms with Crippen molar-refractivity contribution in [2.75, 3.05) is 19.0 Å². The number of aromatic nitrogens is 2. The fraction of sp³-hybridized carbons (Fsp3) is 0.667. The van der Waals surface area contributed by atoms with Crippen molar-refractivity contribution in [1.29, 1.82) is 0 Å². The van der Waals surface area contributed by atoms with E-state index in [0.29, 0.717) is 24.8 Å².